The Kier molecular flexibility index (Phi) is 13.6. The highest BCUT2D eigenvalue weighted by Crippen LogP contribution is 1.99. The lowest BCUT2D eigenvalue weighted by Crippen LogP contribution is -1.69. The Hall–Kier alpha value is -1.30. The molecule has 0 aliphatic heterocycles. The van der Waals surface area contributed by atoms with Crippen LogP contribution in [0.2, 0.25) is 0 Å². The molecule has 0 heterocycles. The van der Waals surface area contributed by atoms with Gasteiger partial charge in [-0.05, 0) is 19.3 Å². The van der Waals surface area contributed by atoms with Crippen molar-refractivity contribution in [3.8, 4) is 0 Å². The minimum atomic E-state index is 1.09. The first-order valence-electron chi connectivity index (χ1n) is 6.73. The summed E-state index contributed by atoms with van der Waals surface area (Å²) in [5, 5.41) is 0. The summed E-state index contributed by atoms with van der Waals surface area (Å²) in [4.78, 5) is 0. The molecular formula is C17H26. The molecule has 0 amide bonds. The molecule has 94 valence electrons. The Labute approximate surface area is 107 Å². The highest BCUT2D eigenvalue weighted by molar-refractivity contribution is 5.17. The second kappa shape index (κ2) is 14.7. The van der Waals surface area contributed by atoms with Gasteiger partial charge in [-0.2, -0.15) is 0 Å². The van der Waals surface area contributed by atoms with Crippen LogP contribution in [-0.2, 0) is 0 Å². The predicted octanol–water partition coefficient (Wildman–Crippen LogP) is 5.76. The summed E-state index contributed by atoms with van der Waals surface area (Å²) < 4.78 is 0. The van der Waals surface area contributed by atoms with Gasteiger partial charge in [-0.25, -0.2) is 0 Å². The summed E-state index contributed by atoms with van der Waals surface area (Å²) in [6.45, 7) is 4.37. The van der Waals surface area contributed by atoms with E-state index in [1.807, 2.05) is 18.2 Å². The molecule has 0 aromatic carbocycles. The third kappa shape index (κ3) is 14.7. The van der Waals surface area contributed by atoms with Gasteiger partial charge in [0.2, 0.25) is 0 Å². The monoisotopic (exact) mass is 230 g/mol. The first-order chi connectivity index (χ1) is 8.41. The normalized spacial score (nSPS) is 13.3. The first kappa shape index (κ1) is 15.7. The molecule has 17 heavy (non-hydrogen) atoms. The first-order valence-corrected chi connectivity index (χ1v) is 6.73. The fourth-order valence-electron chi connectivity index (χ4n) is 1.29. The van der Waals surface area contributed by atoms with Crippen molar-refractivity contribution in [2.45, 2.75) is 46.0 Å². The number of unbranched alkanes of at least 4 members (excludes halogenated alkanes) is 3. The zero-order valence-electron chi connectivity index (χ0n) is 11.3. The molecule has 0 aliphatic carbocycles. The van der Waals surface area contributed by atoms with E-state index in [1.54, 1.807) is 0 Å². The van der Waals surface area contributed by atoms with Crippen molar-refractivity contribution in [2.24, 2.45) is 0 Å². The van der Waals surface area contributed by atoms with Crippen LogP contribution in [0.1, 0.15) is 46.0 Å². The Morgan fingerprint density at radius 2 is 1.12 bits per heavy atom. The molecule has 0 aromatic rings. The van der Waals surface area contributed by atoms with Crippen LogP contribution in [0.25, 0.3) is 0 Å². The van der Waals surface area contributed by atoms with Gasteiger partial charge in [-0.1, -0.05) is 87.4 Å². The standard InChI is InChI=1S/C17H26/c1-3-5-7-9-11-13-15-17-16-14-12-10-8-6-4-2/h5,7,9,11-17H,3-4,6,8,10H2,1-2H3/b7-5+,11-9+,14-12+,15-13+,17-16+. The predicted molar refractivity (Wildman–Crippen MR) is 80.1 cm³/mol. The molecule has 0 rings (SSSR count). The molecular weight excluding hydrogens is 204 g/mol. The second-order valence-corrected chi connectivity index (χ2v) is 3.92. The molecule has 0 saturated heterocycles. The zero-order valence-corrected chi connectivity index (χ0v) is 11.3. The van der Waals surface area contributed by atoms with Gasteiger partial charge in [0.15, 0.2) is 0 Å². The average Bonchev–Trinajstić information content (AvgIpc) is 2.35. The third-order valence-corrected chi connectivity index (χ3v) is 2.26. The van der Waals surface area contributed by atoms with Gasteiger partial charge >= 0.3 is 0 Å². The summed E-state index contributed by atoms with van der Waals surface area (Å²) in [6.07, 6.45) is 27.1. The molecule has 0 heteroatoms. The van der Waals surface area contributed by atoms with Crippen LogP contribution >= 0.6 is 0 Å². The highest BCUT2D eigenvalue weighted by atomic mass is 13.9. The van der Waals surface area contributed by atoms with Crippen LogP contribution in [-0.4, -0.2) is 0 Å². The summed E-state index contributed by atoms with van der Waals surface area (Å²) in [5.74, 6) is 0. The molecule has 0 unspecified atom stereocenters. The van der Waals surface area contributed by atoms with Crippen LogP contribution in [0.5, 0.6) is 0 Å². The topological polar surface area (TPSA) is 0 Å². The maximum Gasteiger partial charge on any atom is -0.0348 e. The molecule has 0 fully saturated rings. The fraction of sp³-hybridized carbons (Fsp3) is 0.412. The molecule has 0 nitrogen and oxygen atoms in total. The van der Waals surface area contributed by atoms with Crippen molar-refractivity contribution in [2.75, 3.05) is 0 Å². The summed E-state index contributed by atoms with van der Waals surface area (Å²) in [7, 11) is 0. The highest BCUT2D eigenvalue weighted by Gasteiger charge is 1.79. The number of rotatable bonds is 9. The zero-order chi connectivity index (χ0) is 12.6. The quantitative estimate of drug-likeness (QED) is 0.349. The van der Waals surface area contributed by atoms with Crippen LogP contribution in [0.3, 0.4) is 0 Å². The minimum absolute atomic E-state index is 1.09. The van der Waals surface area contributed by atoms with Crippen molar-refractivity contribution in [1.82, 2.24) is 0 Å². The van der Waals surface area contributed by atoms with Crippen molar-refractivity contribution in [1.29, 1.82) is 0 Å². The van der Waals surface area contributed by atoms with E-state index in [-0.39, 0.29) is 0 Å². The van der Waals surface area contributed by atoms with Crippen LogP contribution < -0.4 is 0 Å². The lowest BCUT2D eigenvalue weighted by Gasteiger charge is -1.89. The van der Waals surface area contributed by atoms with Crippen LogP contribution in [0.4, 0.5) is 0 Å². The largest absolute Gasteiger partial charge is 0.0848 e. The van der Waals surface area contributed by atoms with Crippen molar-refractivity contribution in [3.05, 3.63) is 60.8 Å². The van der Waals surface area contributed by atoms with Gasteiger partial charge in [-0.15, -0.1) is 0 Å². The minimum Gasteiger partial charge on any atom is -0.0848 e. The van der Waals surface area contributed by atoms with Gasteiger partial charge in [0.1, 0.15) is 0 Å². The molecule has 0 atom stereocenters. The van der Waals surface area contributed by atoms with E-state index in [1.165, 1.54) is 25.7 Å². The van der Waals surface area contributed by atoms with E-state index >= 15 is 0 Å². The van der Waals surface area contributed by atoms with E-state index in [4.69, 9.17) is 0 Å². The van der Waals surface area contributed by atoms with E-state index < -0.39 is 0 Å². The summed E-state index contributed by atoms with van der Waals surface area (Å²) in [6, 6.07) is 0. The van der Waals surface area contributed by atoms with Crippen molar-refractivity contribution < 1.29 is 0 Å². The molecule has 0 bridgehead atoms. The Balaban J connectivity index is 3.55. The molecule has 0 aliphatic rings. The third-order valence-electron chi connectivity index (χ3n) is 2.26. The number of allylic oxidation sites excluding steroid dienone is 10. The molecule has 0 aromatic heterocycles. The summed E-state index contributed by atoms with van der Waals surface area (Å²) in [5.41, 5.74) is 0. The smallest absolute Gasteiger partial charge is 0.0348 e. The second-order valence-electron chi connectivity index (χ2n) is 3.92. The maximum absolute atomic E-state index is 2.24. The molecule has 0 radical (unpaired) electrons. The van der Waals surface area contributed by atoms with E-state index in [0.717, 1.165) is 6.42 Å². The van der Waals surface area contributed by atoms with Gasteiger partial charge in [0, 0.05) is 0 Å². The SMILES string of the molecule is CC/C=C/C=C/C=C/C=C/C=C/CCCCC. The van der Waals surface area contributed by atoms with Crippen LogP contribution in [0.15, 0.2) is 60.8 Å². The number of hydrogen-bond acceptors (Lipinski definition) is 0. The maximum atomic E-state index is 2.24. The van der Waals surface area contributed by atoms with Crippen molar-refractivity contribution >= 4 is 0 Å². The molecule has 0 spiro atoms. The van der Waals surface area contributed by atoms with Crippen LogP contribution in [0, 0.1) is 0 Å². The van der Waals surface area contributed by atoms with Crippen molar-refractivity contribution in [3.63, 3.8) is 0 Å². The Bertz CT molecular complexity index is 274. The number of hydrogen-bond donors (Lipinski definition) is 0. The molecule has 0 saturated carbocycles. The van der Waals surface area contributed by atoms with Gasteiger partial charge < -0.3 is 0 Å². The Morgan fingerprint density at radius 3 is 1.65 bits per heavy atom. The van der Waals surface area contributed by atoms with Gasteiger partial charge in [-0.3, -0.25) is 0 Å². The fourth-order valence-corrected chi connectivity index (χ4v) is 1.29. The lowest BCUT2D eigenvalue weighted by molar-refractivity contribution is 0.729. The van der Waals surface area contributed by atoms with Gasteiger partial charge in [0.05, 0.1) is 0 Å². The van der Waals surface area contributed by atoms with E-state index in [9.17, 15) is 0 Å². The summed E-state index contributed by atoms with van der Waals surface area (Å²) >= 11 is 0. The van der Waals surface area contributed by atoms with E-state index in [2.05, 4.69) is 56.4 Å². The lowest BCUT2D eigenvalue weighted by atomic mass is 10.2. The average molecular weight is 230 g/mol. The van der Waals surface area contributed by atoms with Gasteiger partial charge in [0.25, 0.3) is 0 Å². The Morgan fingerprint density at radius 1 is 0.588 bits per heavy atom. The van der Waals surface area contributed by atoms with E-state index in [0.29, 0.717) is 0 Å². The molecule has 0 N–H and O–H groups in total.